The molecule has 7 nitrogen and oxygen atoms in total. The quantitative estimate of drug-likeness (QED) is 0.512. The number of aryl methyl sites for hydroxylation is 1. The molecule has 1 aromatic heterocycles. The molecule has 182 valence electrons. The molecule has 0 bridgehead atoms. The summed E-state index contributed by atoms with van der Waals surface area (Å²) < 4.78 is 45.3. The minimum absolute atomic E-state index is 0.0132. The molecule has 1 N–H and O–H groups in total. The van der Waals surface area contributed by atoms with Crippen molar-refractivity contribution in [3.8, 4) is 5.69 Å². The maximum absolute atomic E-state index is 13.1. The van der Waals surface area contributed by atoms with E-state index in [1.807, 2.05) is 30.3 Å². The summed E-state index contributed by atoms with van der Waals surface area (Å²) in [6.07, 6.45) is -2.62. The first-order valence-electron chi connectivity index (χ1n) is 10.9. The molecule has 1 heterocycles. The Morgan fingerprint density at radius 3 is 2.49 bits per heavy atom. The van der Waals surface area contributed by atoms with Crippen LogP contribution in [-0.4, -0.2) is 28.3 Å². The van der Waals surface area contributed by atoms with Crippen LogP contribution in [0.5, 0.6) is 0 Å². The van der Waals surface area contributed by atoms with Crippen LogP contribution in [-0.2, 0) is 15.7 Å². The molecule has 10 heteroatoms. The smallest absolute Gasteiger partial charge is 0.416 e. The van der Waals surface area contributed by atoms with Crippen LogP contribution >= 0.6 is 0 Å². The van der Waals surface area contributed by atoms with Crippen molar-refractivity contribution in [3.63, 3.8) is 0 Å². The molecule has 4 rings (SSSR count). The van der Waals surface area contributed by atoms with Crippen LogP contribution in [0.4, 0.5) is 13.2 Å². The first-order chi connectivity index (χ1) is 16.6. The van der Waals surface area contributed by atoms with Gasteiger partial charge in [0.25, 0.3) is 5.91 Å². The summed E-state index contributed by atoms with van der Waals surface area (Å²) in [7, 11) is 0. The van der Waals surface area contributed by atoms with Crippen LogP contribution in [0.2, 0.25) is 0 Å². The second kappa shape index (κ2) is 9.73. The number of nitrogens with zero attached hydrogens (tertiary/aromatic N) is 2. The standard InChI is InChI=1S/C25H22F3N3O4/c1-15-12-20(32)23(30-31(15)19-9-5-8-18(13-19)25(26,27)28)24(34)35-14-21(33)29-22(17-10-11-17)16-6-3-2-4-7-16/h2-9,12-13,17,22H,10-11,14H2,1H3,(H,29,33). The molecule has 1 aliphatic rings. The molecular formula is C25H22F3N3O4. The number of ether oxygens (including phenoxy) is 1. The van der Waals surface area contributed by atoms with Gasteiger partial charge in [0.1, 0.15) is 0 Å². The van der Waals surface area contributed by atoms with Gasteiger partial charge in [0.05, 0.1) is 17.3 Å². The van der Waals surface area contributed by atoms with Crippen molar-refractivity contribution in [3.05, 3.63) is 93.4 Å². The second-order valence-corrected chi connectivity index (χ2v) is 8.33. The average molecular weight is 485 g/mol. The van der Waals surface area contributed by atoms with Gasteiger partial charge >= 0.3 is 12.1 Å². The lowest BCUT2D eigenvalue weighted by Crippen LogP contribution is -2.34. The fraction of sp³-hybridized carbons (Fsp3) is 0.280. The van der Waals surface area contributed by atoms with E-state index in [2.05, 4.69) is 10.4 Å². The van der Waals surface area contributed by atoms with E-state index in [0.717, 1.165) is 41.3 Å². The number of nitrogens with one attached hydrogen (secondary N) is 1. The molecule has 1 unspecified atom stereocenters. The molecule has 1 amide bonds. The molecule has 35 heavy (non-hydrogen) atoms. The number of amides is 1. The van der Waals surface area contributed by atoms with Crippen molar-refractivity contribution >= 4 is 11.9 Å². The van der Waals surface area contributed by atoms with Gasteiger partial charge in [0.2, 0.25) is 11.1 Å². The highest BCUT2D eigenvalue weighted by Gasteiger charge is 2.34. The zero-order valence-electron chi connectivity index (χ0n) is 18.7. The Hall–Kier alpha value is -3.95. The highest BCUT2D eigenvalue weighted by Crippen LogP contribution is 2.40. The largest absolute Gasteiger partial charge is 0.451 e. The molecule has 0 radical (unpaired) electrons. The molecule has 1 atom stereocenters. The predicted molar refractivity (Wildman–Crippen MR) is 120 cm³/mol. The summed E-state index contributed by atoms with van der Waals surface area (Å²) in [5, 5.41) is 6.78. The van der Waals surface area contributed by atoms with E-state index in [9.17, 15) is 27.6 Å². The first kappa shape index (κ1) is 24.2. The Labute approximate surface area is 198 Å². The van der Waals surface area contributed by atoms with E-state index in [1.165, 1.54) is 19.1 Å². The molecule has 2 aromatic carbocycles. The lowest BCUT2D eigenvalue weighted by Gasteiger charge is -2.18. The Kier molecular flexibility index (Phi) is 6.72. The topological polar surface area (TPSA) is 90.3 Å². The number of esters is 1. The molecule has 1 fully saturated rings. The fourth-order valence-corrected chi connectivity index (χ4v) is 3.74. The zero-order valence-corrected chi connectivity index (χ0v) is 18.7. The maximum Gasteiger partial charge on any atom is 0.416 e. The van der Waals surface area contributed by atoms with E-state index in [4.69, 9.17) is 4.74 Å². The number of aromatic nitrogens is 2. The molecule has 0 spiro atoms. The Morgan fingerprint density at radius 2 is 1.83 bits per heavy atom. The summed E-state index contributed by atoms with van der Waals surface area (Å²) >= 11 is 0. The molecule has 0 saturated heterocycles. The number of hydrogen-bond donors (Lipinski definition) is 1. The molecular weight excluding hydrogens is 463 g/mol. The lowest BCUT2D eigenvalue weighted by molar-refractivity contribution is -0.137. The second-order valence-electron chi connectivity index (χ2n) is 8.33. The van der Waals surface area contributed by atoms with Crippen LogP contribution in [0.25, 0.3) is 5.69 Å². The van der Waals surface area contributed by atoms with E-state index >= 15 is 0 Å². The predicted octanol–water partition coefficient (Wildman–Crippen LogP) is 3.98. The number of carbonyl (C=O) groups excluding carboxylic acids is 2. The van der Waals surface area contributed by atoms with Crippen LogP contribution < -0.4 is 10.7 Å². The number of hydrogen-bond acceptors (Lipinski definition) is 5. The minimum Gasteiger partial charge on any atom is -0.451 e. The average Bonchev–Trinajstić information content (AvgIpc) is 3.66. The minimum atomic E-state index is -4.57. The Morgan fingerprint density at radius 1 is 1.11 bits per heavy atom. The number of halogens is 3. The summed E-state index contributed by atoms with van der Waals surface area (Å²) in [5.41, 5.74) is -1.13. The van der Waals surface area contributed by atoms with Gasteiger partial charge in [-0.3, -0.25) is 9.59 Å². The van der Waals surface area contributed by atoms with Gasteiger partial charge in [-0.05, 0) is 49.4 Å². The van der Waals surface area contributed by atoms with Gasteiger partial charge in [-0.25, -0.2) is 9.48 Å². The summed E-state index contributed by atoms with van der Waals surface area (Å²) in [5.74, 6) is -1.38. The normalized spacial score (nSPS) is 14.3. The number of carbonyl (C=O) groups is 2. The van der Waals surface area contributed by atoms with Crippen LogP contribution in [0.3, 0.4) is 0 Å². The van der Waals surface area contributed by atoms with Gasteiger partial charge in [-0.2, -0.15) is 18.3 Å². The van der Waals surface area contributed by atoms with Gasteiger partial charge < -0.3 is 10.1 Å². The first-order valence-corrected chi connectivity index (χ1v) is 10.9. The Balaban J connectivity index is 1.48. The van der Waals surface area contributed by atoms with Gasteiger partial charge in [-0.1, -0.05) is 36.4 Å². The summed E-state index contributed by atoms with van der Waals surface area (Å²) in [4.78, 5) is 37.3. The molecule has 0 aliphatic heterocycles. The third kappa shape index (κ3) is 5.76. The van der Waals surface area contributed by atoms with E-state index in [0.29, 0.717) is 5.92 Å². The summed E-state index contributed by atoms with van der Waals surface area (Å²) in [6.45, 7) is 0.840. The summed E-state index contributed by atoms with van der Waals surface area (Å²) in [6, 6.07) is 14.6. The third-order valence-electron chi connectivity index (χ3n) is 5.62. The van der Waals surface area contributed by atoms with Crippen molar-refractivity contribution in [2.24, 2.45) is 5.92 Å². The highest BCUT2D eigenvalue weighted by molar-refractivity contribution is 5.89. The van der Waals surface area contributed by atoms with E-state index in [1.54, 1.807) is 0 Å². The van der Waals surface area contributed by atoms with Crippen molar-refractivity contribution in [1.29, 1.82) is 0 Å². The number of benzene rings is 2. The molecule has 1 aliphatic carbocycles. The van der Waals surface area contributed by atoms with E-state index < -0.39 is 41.3 Å². The zero-order chi connectivity index (χ0) is 25.2. The number of rotatable bonds is 7. The van der Waals surface area contributed by atoms with Crippen LogP contribution in [0.1, 0.15) is 46.2 Å². The highest BCUT2D eigenvalue weighted by atomic mass is 19.4. The van der Waals surface area contributed by atoms with Crippen LogP contribution in [0.15, 0.2) is 65.5 Å². The van der Waals surface area contributed by atoms with Crippen molar-refractivity contribution in [2.45, 2.75) is 32.0 Å². The van der Waals surface area contributed by atoms with Crippen molar-refractivity contribution in [1.82, 2.24) is 15.1 Å². The third-order valence-corrected chi connectivity index (χ3v) is 5.62. The molecule has 3 aromatic rings. The van der Waals surface area contributed by atoms with Gasteiger partial charge in [0, 0.05) is 11.8 Å². The van der Waals surface area contributed by atoms with Crippen LogP contribution in [0, 0.1) is 12.8 Å². The van der Waals surface area contributed by atoms with Crippen molar-refractivity contribution < 1.29 is 27.5 Å². The van der Waals surface area contributed by atoms with Gasteiger partial charge in [0.15, 0.2) is 6.61 Å². The number of alkyl halides is 3. The maximum atomic E-state index is 13.1. The molecule has 1 saturated carbocycles. The fourth-order valence-electron chi connectivity index (χ4n) is 3.74. The monoisotopic (exact) mass is 485 g/mol. The van der Waals surface area contributed by atoms with Gasteiger partial charge in [-0.15, -0.1) is 0 Å². The lowest BCUT2D eigenvalue weighted by atomic mass is 10.0. The Bertz CT molecular complexity index is 1300. The SMILES string of the molecule is Cc1cc(=O)c(C(=O)OCC(=O)NC(c2ccccc2)C2CC2)nn1-c1cccc(C(F)(F)F)c1. The van der Waals surface area contributed by atoms with Crippen molar-refractivity contribution in [2.75, 3.05) is 6.61 Å². The van der Waals surface area contributed by atoms with E-state index in [-0.39, 0.29) is 17.4 Å².